The summed E-state index contributed by atoms with van der Waals surface area (Å²) in [6.45, 7) is 10.5. The fourth-order valence-corrected chi connectivity index (χ4v) is 2.31. The maximum absolute atomic E-state index is 11.8. The molecule has 0 aliphatic carbocycles. The monoisotopic (exact) mass is 285 g/mol. The van der Waals surface area contributed by atoms with Crippen molar-refractivity contribution in [3.05, 3.63) is 0 Å². The lowest BCUT2D eigenvalue weighted by molar-refractivity contribution is -0.130. The number of rotatable bonds is 10. The molecule has 20 heavy (non-hydrogen) atoms. The molecule has 3 N–H and O–H groups in total. The standard InChI is InChI=1S/C15H31N3O2/c1-5-18(6-2)15(20)7-8-17-14(19)10-13(11-16)9-12(3)4/h12-13H,5-11,16H2,1-4H3,(H,17,19)/t13-/m0/s1. The van der Waals surface area contributed by atoms with E-state index in [2.05, 4.69) is 19.2 Å². The Kier molecular flexibility index (Phi) is 10.1. The summed E-state index contributed by atoms with van der Waals surface area (Å²) < 4.78 is 0. The molecule has 0 bridgehead atoms. The second-order valence-corrected chi connectivity index (χ2v) is 5.60. The zero-order valence-electron chi connectivity index (χ0n) is 13.4. The van der Waals surface area contributed by atoms with Crippen LogP contribution < -0.4 is 11.1 Å². The predicted molar refractivity (Wildman–Crippen MR) is 82.2 cm³/mol. The van der Waals surface area contributed by atoms with E-state index in [9.17, 15) is 9.59 Å². The lowest BCUT2D eigenvalue weighted by Gasteiger charge is -2.19. The van der Waals surface area contributed by atoms with Crippen LogP contribution in [-0.4, -0.2) is 42.9 Å². The molecular formula is C15H31N3O2. The quantitative estimate of drug-likeness (QED) is 0.636. The van der Waals surface area contributed by atoms with Gasteiger partial charge in [-0.2, -0.15) is 0 Å². The third-order valence-corrected chi connectivity index (χ3v) is 3.39. The molecule has 0 fully saturated rings. The van der Waals surface area contributed by atoms with Crippen LogP contribution in [0, 0.1) is 11.8 Å². The maximum Gasteiger partial charge on any atom is 0.224 e. The molecule has 0 saturated heterocycles. The van der Waals surface area contributed by atoms with Gasteiger partial charge in [0.1, 0.15) is 0 Å². The summed E-state index contributed by atoms with van der Waals surface area (Å²) >= 11 is 0. The van der Waals surface area contributed by atoms with Gasteiger partial charge in [0, 0.05) is 32.5 Å². The summed E-state index contributed by atoms with van der Waals surface area (Å²) in [5, 5.41) is 2.81. The van der Waals surface area contributed by atoms with Gasteiger partial charge >= 0.3 is 0 Å². The van der Waals surface area contributed by atoms with E-state index in [4.69, 9.17) is 5.73 Å². The Labute approximate surface area is 123 Å². The topological polar surface area (TPSA) is 75.4 Å². The van der Waals surface area contributed by atoms with E-state index < -0.39 is 0 Å². The molecule has 0 aliphatic heterocycles. The number of carbonyl (C=O) groups is 2. The van der Waals surface area contributed by atoms with E-state index in [-0.39, 0.29) is 17.7 Å². The number of hydrogen-bond acceptors (Lipinski definition) is 3. The number of amides is 2. The Hall–Kier alpha value is -1.10. The van der Waals surface area contributed by atoms with Crippen LogP contribution in [0.4, 0.5) is 0 Å². The normalized spacial score (nSPS) is 12.3. The van der Waals surface area contributed by atoms with Crippen molar-refractivity contribution in [2.75, 3.05) is 26.2 Å². The van der Waals surface area contributed by atoms with Crippen molar-refractivity contribution >= 4 is 11.8 Å². The minimum Gasteiger partial charge on any atom is -0.356 e. The minimum atomic E-state index is -0.00607. The molecule has 5 nitrogen and oxygen atoms in total. The first kappa shape index (κ1) is 18.9. The van der Waals surface area contributed by atoms with Crippen LogP contribution in [0.25, 0.3) is 0 Å². The SMILES string of the molecule is CCN(CC)C(=O)CCNC(=O)C[C@@H](CN)CC(C)C. The van der Waals surface area contributed by atoms with E-state index in [0.717, 1.165) is 6.42 Å². The molecule has 0 aromatic heterocycles. The summed E-state index contributed by atoms with van der Waals surface area (Å²) in [6.07, 6.45) is 1.78. The van der Waals surface area contributed by atoms with Gasteiger partial charge in [0.05, 0.1) is 0 Å². The third kappa shape index (κ3) is 8.15. The molecule has 2 amide bonds. The van der Waals surface area contributed by atoms with Gasteiger partial charge in [-0.15, -0.1) is 0 Å². The highest BCUT2D eigenvalue weighted by atomic mass is 16.2. The molecule has 0 aromatic carbocycles. The summed E-state index contributed by atoms with van der Waals surface area (Å²) in [6, 6.07) is 0. The highest BCUT2D eigenvalue weighted by Gasteiger charge is 2.14. The third-order valence-electron chi connectivity index (χ3n) is 3.39. The van der Waals surface area contributed by atoms with Crippen LogP contribution >= 0.6 is 0 Å². The second kappa shape index (κ2) is 10.7. The summed E-state index contributed by atoms with van der Waals surface area (Å²) in [7, 11) is 0. The molecule has 0 aromatic rings. The van der Waals surface area contributed by atoms with E-state index in [1.54, 1.807) is 4.90 Å². The molecule has 0 saturated carbocycles. The van der Waals surface area contributed by atoms with Gasteiger partial charge in [-0.25, -0.2) is 0 Å². The summed E-state index contributed by atoms with van der Waals surface area (Å²) in [5.74, 6) is 0.857. The van der Waals surface area contributed by atoms with Crippen LogP contribution in [0.15, 0.2) is 0 Å². The largest absolute Gasteiger partial charge is 0.356 e. The van der Waals surface area contributed by atoms with Gasteiger partial charge in [0.15, 0.2) is 0 Å². The molecule has 0 aliphatic rings. The summed E-state index contributed by atoms with van der Waals surface area (Å²) in [4.78, 5) is 25.3. The number of nitrogens with two attached hydrogens (primary N) is 1. The predicted octanol–water partition coefficient (Wildman–Crippen LogP) is 1.37. The lowest BCUT2D eigenvalue weighted by Crippen LogP contribution is -2.35. The first-order valence-electron chi connectivity index (χ1n) is 7.69. The fourth-order valence-electron chi connectivity index (χ4n) is 2.31. The minimum absolute atomic E-state index is 0.00607. The molecule has 118 valence electrons. The van der Waals surface area contributed by atoms with Crippen LogP contribution in [0.2, 0.25) is 0 Å². The van der Waals surface area contributed by atoms with E-state index >= 15 is 0 Å². The molecule has 0 heterocycles. The van der Waals surface area contributed by atoms with Gasteiger partial charge in [-0.1, -0.05) is 13.8 Å². The van der Waals surface area contributed by atoms with Crippen LogP contribution in [0.3, 0.4) is 0 Å². The zero-order chi connectivity index (χ0) is 15.5. The lowest BCUT2D eigenvalue weighted by atomic mass is 9.94. The summed E-state index contributed by atoms with van der Waals surface area (Å²) in [5.41, 5.74) is 5.68. The first-order chi connectivity index (χ1) is 9.44. The van der Waals surface area contributed by atoms with Gasteiger partial charge in [0.25, 0.3) is 0 Å². The number of carbonyl (C=O) groups excluding carboxylic acids is 2. The first-order valence-corrected chi connectivity index (χ1v) is 7.69. The Balaban J connectivity index is 3.95. The molecule has 0 unspecified atom stereocenters. The van der Waals surface area contributed by atoms with Crippen molar-refractivity contribution in [2.24, 2.45) is 17.6 Å². The zero-order valence-corrected chi connectivity index (χ0v) is 13.4. The van der Waals surface area contributed by atoms with Crippen LogP contribution in [0.5, 0.6) is 0 Å². The molecular weight excluding hydrogens is 254 g/mol. The Morgan fingerprint density at radius 1 is 1.20 bits per heavy atom. The molecule has 0 spiro atoms. The highest BCUT2D eigenvalue weighted by Crippen LogP contribution is 2.13. The molecule has 5 heteroatoms. The van der Waals surface area contributed by atoms with Crippen molar-refractivity contribution in [3.63, 3.8) is 0 Å². The van der Waals surface area contributed by atoms with E-state index in [1.807, 2.05) is 13.8 Å². The van der Waals surface area contributed by atoms with Crippen LogP contribution in [-0.2, 0) is 9.59 Å². The molecule has 0 rings (SSSR count). The van der Waals surface area contributed by atoms with Crippen LogP contribution in [0.1, 0.15) is 47.0 Å². The van der Waals surface area contributed by atoms with Gasteiger partial charge in [-0.05, 0) is 38.6 Å². The average molecular weight is 285 g/mol. The highest BCUT2D eigenvalue weighted by molar-refractivity contribution is 5.79. The van der Waals surface area contributed by atoms with Gasteiger partial charge < -0.3 is 16.0 Å². The fraction of sp³-hybridized carbons (Fsp3) is 0.867. The van der Waals surface area contributed by atoms with E-state index in [1.165, 1.54) is 0 Å². The molecule has 1 atom stereocenters. The van der Waals surface area contributed by atoms with Crippen molar-refractivity contribution in [1.29, 1.82) is 0 Å². The van der Waals surface area contributed by atoms with Crippen molar-refractivity contribution in [3.8, 4) is 0 Å². The number of nitrogens with one attached hydrogen (secondary N) is 1. The molecule has 0 radical (unpaired) electrons. The van der Waals surface area contributed by atoms with Crippen molar-refractivity contribution in [2.45, 2.75) is 47.0 Å². The van der Waals surface area contributed by atoms with E-state index in [0.29, 0.717) is 44.9 Å². The van der Waals surface area contributed by atoms with Gasteiger partial charge in [0.2, 0.25) is 11.8 Å². The Bertz CT molecular complexity index is 289. The van der Waals surface area contributed by atoms with Crippen molar-refractivity contribution in [1.82, 2.24) is 10.2 Å². The van der Waals surface area contributed by atoms with Gasteiger partial charge in [-0.3, -0.25) is 9.59 Å². The second-order valence-electron chi connectivity index (χ2n) is 5.60. The number of nitrogens with zero attached hydrogens (tertiary/aromatic N) is 1. The number of hydrogen-bond donors (Lipinski definition) is 2. The maximum atomic E-state index is 11.8. The van der Waals surface area contributed by atoms with Crippen molar-refractivity contribution < 1.29 is 9.59 Å². The Morgan fingerprint density at radius 3 is 2.25 bits per heavy atom. The Morgan fingerprint density at radius 2 is 1.80 bits per heavy atom. The smallest absolute Gasteiger partial charge is 0.224 e. The average Bonchev–Trinajstić information content (AvgIpc) is 2.38.